The van der Waals surface area contributed by atoms with Gasteiger partial charge in [-0.1, -0.05) is 36.4 Å². The van der Waals surface area contributed by atoms with Crippen molar-refractivity contribution in [1.29, 1.82) is 0 Å². The minimum absolute atomic E-state index is 0.304. The summed E-state index contributed by atoms with van der Waals surface area (Å²) < 4.78 is 0. The molecule has 4 nitrogen and oxygen atoms in total. The number of nitrogens with zero attached hydrogens (tertiary/aromatic N) is 2. The maximum Gasteiger partial charge on any atom is 0.290 e. The summed E-state index contributed by atoms with van der Waals surface area (Å²) in [6.45, 7) is 0. The molecule has 3 rings (SSSR count). The van der Waals surface area contributed by atoms with Crippen LogP contribution >= 0.6 is 22.7 Å². The molecule has 21 heavy (non-hydrogen) atoms. The SMILES string of the molecule is O=C(NN=Cc1ccccc1)c1csc(-c2cccs2)n1. The number of nitrogens with one attached hydrogen (secondary N) is 1. The van der Waals surface area contributed by atoms with E-state index in [1.807, 2.05) is 47.8 Å². The molecule has 6 heteroatoms. The zero-order chi connectivity index (χ0) is 14.5. The molecule has 0 radical (unpaired) electrons. The topological polar surface area (TPSA) is 54.4 Å². The first-order chi connectivity index (χ1) is 10.3. The third-order valence-electron chi connectivity index (χ3n) is 2.65. The van der Waals surface area contributed by atoms with Gasteiger partial charge in [0.1, 0.15) is 10.7 Å². The van der Waals surface area contributed by atoms with E-state index in [9.17, 15) is 4.79 Å². The Hall–Kier alpha value is -2.31. The summed E-state index contributed by atoms with van der Waals surface area (Å²) in [5, 5.41) is 8.51. The molecule has 0 atom stereocenters. The van der Waals surface area contributed by atoms with Crippen LogP contribution in [0.1, 0.15) is 16.1 Å². The molecule has 0 fully saturated rings. The van der Waals surface area contributed by atoms with Crippen LogP contribution in [0.3, 0.4) is 0 Å². The third kappa shape index (κ3) is 3.42. The van der Waals surface area contributed by atoms with Crippen LogP contribution in [0.5, 0.6) is 0 Å². The summed E-state index contributed by atoms with van der Waals surface area (Å²) in [5.41, 5.74) is 3.79. The lowest BCUT2D eigenvalue weighted by atomic mass is 10.2. The molecule has 0 saturated carbocycles. The molecule has 1 N–H and O–H groups in total. The van der Waals surface area contributed by atoms with Crippen LogP contribution in [-0.2, 0) is 0 Å². The Bertz CT molecular complexity index is 748. The van der Waals surface area contributed by atoms with E-state index in [1.54, 1.807) is 22.9 Å². The summed E-state index contributed by atoms with van der Waals surface area (Å²) in [4.78, 5) is 17.3. The first kappa shape index (κ1) is 13.7. The second-order valence-corrected chi connectivity index (χ2v) is 5.93. The largest absolute Gasteiger partial charge is 0.290 e. The molecule has 3 aromatic rings. The lowest BCUT2D eigenvalue weighted by Crippen LogP contribution is -2.17. The van der Waals surface area contributed by atoms with Gasteiger partial charge in [-0.25, -0.2) is 10.4 Å². The summed E-state index contributed by atoms with van der Waals surface area (Å²) in [5.74, 6) is -0.304. The number of aromatic nitrogens is 1. The average Bonchev–Trinajstić information content (AvgIpc) is 3.19. The number of hydrazone groups is 1. The maximum atomic E-state index is 11.9. The quantitative estimate of drug-likeness (QED) is 0.590. The van der Waals surface area contributed by atoms with Crippen LogP contribution in [-0.4, -0.2) is 17.1 Å². The van der Waals surface area contributed by atoms with Crippen LogP contribution in [0, 0.1) is 0 Å². The predicted molar refractivity (Wildman–Crippen MR) is 86.9 cm³/mol. The van der Waals surface area contributed by atoms with Gasteiger partial charge in [0.15, 0.2) is 0 Å². The van der Waals surface area contributed by atoms with Crippen molar-refractivity contribution in [3.8, 4) is 9.88 Å². The number of hydrogen-bond donors (Lipinski definition) is 1. The maximum absolute atomic E-state index is 11.9. The van der Waals surface area contributed by atoms with Gasteiger partial charge in [0, 0.05) is 5.38 Å². The molecule has 2 aromatic heterocycles. The fourth-order valence-electron chi connectivity index (χ4n) is 1.65. The van der Waals surface area contributed by atoms with E-state index < -0.39 is 0 Å². The highest BCUT2D eigenvalue weighted by Crippen LogP contribution is 2.27. The lowest BCUT2D eigenvalue weighted by molar-refractivity contribution is 0.0951. The van der Waals surface area contributed by atoms with Gasteiger partial charge in [0.25, 0.3) is 5.91 Å². The first-order valence-corrected chi connectivity index (χ1v) is 7.97. The van der Waals surface area contributed by atoms with Crippen LogP contribution < -0.4 is 5.43 Å². The van der Waals surface area contributed by atoms with Gasteiger partial charge in [-0.3, -0.25) is 4.79 Å². The number of amides is 1. The molecule has 0 bridgehead atoms. The van der Waals surface area contributed by atoms with Crippen molar-refractivity contribution in [1.82, 2.24) is 10.4 Å². The Morgan fingerprint density at radius 1 is 1.14 bits per heavy atom. The Kier molecular flexibility index (Phi) is 4.18. The van der Waals surface area contributed by atoms with Crippen molar-refractivity contribution in [2.24, 2.45) is 5.10 Å². The molecule has 1 aromatic carbocycles. The van der Waals surface area contributed by atoms with E-state index in [0.29, 0.717) is 5.69 Å². The molecule has 0 saturated heterocycles. The van der Waals surface area contributed by atoms with Crippen molar-refractivity contribution >= 4 is 34.8 Å². The molecular formula is C15H11N3OS2. The molecule has 0 unspecified atom stereocenters. The molecule has 0 aliphatic carbocycles. The Labute approximate surface area is 129 Å². The number of carbonyl (C=O) groups excluding carboxylic acids is 1. The van der Waals surface area contributed by atoms with Gasteiger partial charge in [0.2, 0.25) is 0 Å². The van der Waals surface area contributed by atoms with Crippen LogP contribution in [0.25, 0.3) is 9.88 Å². The van der Waals surface area contributed by atoms with Crippen molar-refractivity contribution in [2.45, 2.75) is 0 Å². The fraction of sp³-hybridized carbons (Fsp3) is 0. The molecule has 104 valence electrons. The molecule has 2 heterocycles. The van der Waals surface area contributed by atoms with E-state index in [-0.39, 0.29) is 5.91 Å². The van der Waals surface area contributed by atoms with Gasteiger partial charge in [0.05, 0.1) is 11.1 Å². The monoisotopic (exact) mass is 313 g/mol. The number of thiophene rings is 1. The number of rotatable bonds is 4. The third-order valence-corrected chi connectivity index (χ3v) is 4.53. The fourth-order valence-corrected chi connectivity index (χ4v) is 3.27. The van der Waals surface area contributed by atoms with E-state index in [0.717, 1.165) is 15.4 Å². The standard InChI is InChI=1S/C15H11N3OS2/c19-14(18-16-9-11-5-2-1-3-6-11)12-10-21-15(17-12)13-7-4-8-20-13/h1-10H,(H,18,19). The summed E-state index contributed by atoms with van der Waals surface area (Å²) in [6, 6.07) is 13.5. The normalized spacial score (nSPS) is 10.9. The Balaban J connectivity index is 1.65. The summed E-state index contributed by atoms with van der Waals surface area (Å²) >= 11 is 3.05. The van der Waals surface area contributed by atoms with Crippen LogP contribution in [0.4, 0.5) is 0 Å². The molecular weight excluding hydrogens is 302 g/mol. The van der Waals surface area contributed by atoms with E-state index in [2.05, 4.69) is 15.5 Å². The first-order valence-electron chi connectivity index (χ1n) is 6.21. The van der Waals surface area contributed by atoms with Crippen molar-refractivity contribution in [2.75, 3.05) is 0 Å². The van der Waals surface area contributed by atoms with Crippen LogP contribution in [0.15, 0.2) is 58.3 Å². The average molecular weight is 313 g/mol. The smallest absolute Gasteiger partial charge is 0.266 e. The predicted octanol–water partition coefficient (Wildman–Crippen LogP) is 3.64. The molecule has 0 aliphatic heterocycles. The summed E-state index contributed by atoms with van der Waals surface area (Å²) in [6.07, 6.45) is 1.60. The van der Waals surface area contributed by atoms with Gasteiger partial charge in [-0.05, 0) is 17.0 Å². The van der Waals surface area contributed by atoms with Gasteiger partial charge in [-0.2, -0.15) is 5.10 Å². The molecule has 0 aliphatic rings. The number of benzene rings is 1. The van der Waals surface area contributed by atoms with Gasteiger partial charge < -0.3 is 0 Å². The van der Waals surface area contributed by atoms with E-state index >= 15 is 0 Å². The van der Waals surface area contributed by atoms with Crippen molar-refractivity contribution in [3.05, 3.63) is 64.5 Å². The highest BCUT2D eigenvalue weighted by atomic mass is 32.1. The minimum atomic E-state index is -0.304. The Morgan fingerprint density at radius 3 is 2.76 bits per heavy atom. The van der Waals surface area contributed by atoms with Gasteiger partial charge >= 0.3 is 0 Å². The lowest BCUT2D eigenvalue weighted by Gasteiger charge is -1.95. The van der Waals surface area contributed by atoms with E-state index in [1.165, 1.54) is 11.3 Å². The zero-order valence-electron chi connectivity index (χ0n) is 10.9. The minimum Gasteiger partial charge on any atom is -0.266 e. The zero-order valence-corrected chi connectivity index (χ0v) is 12.5. The second kappa shape index (κ2) is 6.43. The van der Waals surface area contributed by atoms with E-state index in [4.69, 9.17) is 0 Å². The highest BCUT2D eigenvalue weighted by molar-refractivity contribution is 7.20. The van der Waals surface area contributed by atoms with Crippen LogP contribution in [0.2, 0.25) is 0 Å². The highest BCUT2D eigenvalue weighted by Gasteiger charge is 2.11. The second-order valence-electron chi connectivity index (χ2n) is 4.13. The summed E-state index contributed by atoms with van der Waals surface area (Å²) in [7, 11) is 0. The molecule has 0 spiro atoms. The van der Waals surface area contributed by atoms with Crippen molar-refractivity contribution < 1.29 is 4.79 Å². The van der Waals surface area contributed by atoms with Gasteiger partial charge in [-0.15, -0.1) is 22.7 Å². The van der Waals surface area contributed by atoms with Crippen molar-refractivity contribution in [3.63, 3.8) is 0 Å². The number of thiazole rings is 1. The Morgan fingerprint density at radius 2 is 2.00 bits per heavy atom. The number of carbonyl (C=O) groups is 1. The number of hydrogen-bond acceptors (Lipinski definition) is 5. The molecule has 1 amide bonds.